The number of aromatic nitrogens is 9. The molecule has 0 spiro atoms. The highest BCUT2D eigenvalue weighted by Gasteiger charge is 2.29. The Balaban J connectivity index is 0.000000148. The number of oxazole rings is 1. The van der Waals surface area contributed by atoms with Crippen molar-refractivity contribution in [1.82, 2.24) is 65.3 Å². The number of para-hydroxylation sites is 3. The Morgan fingerprint density at radius 3 is 1.61 bits per heavy atom. The molecule has 21 heteroatoms. The molecule has 12 rings (SSSR count). The van der Waals surface area contributed by atoms with Gasteiger partial charge in [-0.3, -0.25) is 19.5 Å². The largest absolute Gasteiger partial charge is 0.418 e. The predicted octanol–water partition coefficient (Wildman–Crippen LogP) is 11.5. The lowest BCUT2D eigenvalue weighted by Crippen LogP contribution is -2.50. The average Bonchev–Trinajstić information content (AvgIpc) is 2.28. The number of carbonyl (C=O) groups is 3. The summed E-state index contributed by atoms with van der Waals surface area (Å²) in [7, 11) is 6.41. The fraction of sp³-hybridized carbons (Fsp3) is 0.507. The van der Waals surface area contributed by atoms with Crippen molar-refractivity contribution >= 4 is 78.6 Å². The number of anilines is 3. The quantitative estimate of drug-likeness (QED) is 0.0376. The molecule has 3 aliphatic rings. The van der Waals surface area contributed by atoms with Gasteiger partial charge < -0.3 is 54.1 Å². The minimum Gasteiger partial charge on any atom is -0.418 e. The first-order valence-electron chi connectivity index (χ1n) is 32.7. The number of likely N-dealkylation sites (N-methyl/N-ethyl adjacent to an activating group) is 3. The molecular formula is C69H94N16O4S. The minimum atomic E-state index is -0.200. The highest BCUT2D eigenvalue weighted by atomic mass is 32.1. The molecule has 0 bridgehead atoms. The Hall–Kier alpha value is -7.72. The lowest BCUT2D eigenvalue weighted by Gasteiger charge is -2.37. The zero-order valence-corrected chi connectivity index (χ0v) is 55.1. The molecule has 9 heterocycles. The van der Waals surface area contributed by atoms with Crippen LogP contribution in [0.2, 0.25) is 0 Å². The van der Waals surface area contributed by atoms with E-state index in [-0.39, 0.29) is 29.3 Å². The van der Waals surface area contributed by atoms with Crippen molar-refractivity contribution in [2.75, 3.05) is 94.7 Å². The van der Waals surface area contributed by atoms with E-state index in [1.165, 1.54) is 44.2 Å². The molecule has 0 radical (unpaired) electrons. The van der Waals surface area contributed by atoms with Crippen LogP contribution in [0.25, 0.3) is 32.7 Å². The number of piperazine rings is 3. The summed E-state index contributed by atoms with van der Waals surface area (Å²) in [6.45, 7) is 21.3. The van der Waals surface area contributed by atoms with Crippen LogP contribution in [0.15, 0.2) is 102 Å². The number of carbonyl (C=O) groups excluding carboxylic acids is 3. The monoisotopic (exact) mass is 1240 g/mol. The number of fused-ring (bicyclic) bond motifs is 3. The van der Waals surface area contributed by atoms with Crippen molar-refractivity contribution in [2.45, 2.75) is 136 Å². The van der Waals surface area contributed by atoms with Crippen molar-refractivity contribution in [1.29, 1.82) is 0 Å². The first kappa shape index (κ1) is 65.2. The van der Waals surface area contributed by atoms with Crippen LogP contribution in [-0.4, -0.2) is 182 Å². The molecular weight excluding hydrogens is 1150 g/mol. The van der Waals surface area contributed by atoms with Crippen LogP contribution < -0.4 is 20.0 Å². The molecule has 6 aromatic heterocycles. The van der Waals surface area contributed by atoms with E-state index in [1.54, 1.807) is 6.20 Å². The van der Waals surface area contributed by atoms with Gasteiger partial charge in [0.05, 0.1) is 6.20 Å². The Labute approximate surface area is 534 Å². The summed E-state index contributed by atoms with van der Waals surface area (Å²) in [4.78, 5) is 71.3. The van der Waals surface area contributed by atoms with Gasteiger partial charge in [0.2, 0.25) is 16.8 Å². The predicted molar refractivity (Wildman–Crippen MR) is 363 cm³/mol. The van der Waals surface area contributed by atoms with Gasteiger partial charge in [0, 0.05) is 147 Å². The second-order valence-electron chi connectivity index (χ2n) is 25.4. The first-order valence-corrected chi connectivity index (χ1v) is 33.6. The fourth-order valence-electron chi connectivity index (χ4n) is 12.9. The van der Waals surface area contributed by atoms with Crippen LogP contribution in [0.5, 0.6) is 0 Å². The molecule has 6 unspecified atom stereocenters. The molecule has 1 amide bonds. The molecule has 3 saturated heterocycles. The smallest absolute Gasteiger partial charge is 0.298 e. The van der Waals surface area contributed by atoms with Crippen LogP contribution in [0, 0.1) is 11.8 Å². The Kier molecular flexibility index (Phi) is 22.4. The number of Topliss-reactive ketones (excluding diaryl/α,β-unsaturated/α-hetero) is 2. The molecule has 0 saturated carbocycles. The van der Waals surface area contributed by atoms with E-state index >= 15 is 0 Å². The third-order valence-electron chi connectivity index (χ3n) is 18.6. The second kappa shape index (κ2) is 30.9. The third-order valence-corrected chi connectivity index (χ3v) is 19.7. The molecule has 3 aromatic carbocycles. The highest BCUT2D eigenvalue weighted by Crippen LogP contribution is 2.30. The van der Waals surface area contributed by atoms with Gasteiger partial charge in [-0.15, -0.1) is 15.3 Å². The van der Waals surface area contributed by atoms with E-state index in [0.717, 1.165) is 138 Å². The lowest BCUT2D eigenvalue weighted by atomic mass is 9.90. The summed E-state index contributed by atoms with van der Waals surface area (Å²) in [5.41, 5.74) is 7.21. The number of hydrogen-bond donors (Lipinski definition) is 5. The van der Waals surface area contributed by atoms with E-state index in [9.17, 15) is 14.4 Å². The van der Waals surface area contributed by atoms with Gasteiger partial charge in [-0.1, -0.05) is 106 Å². The second-order valence-corrected chi connectivity index (χ2v) is 26.4. The highest BCUT2D eigenvalue weighted by molar-refractivity contribution is 7.17. The Morgan fingerprint density at radius 2 is 1.08 bits per heavy atom. The number of rotatable bonds is 23. The summed E-state index contributed by atoms with van der Waals surface area (Å²) in [6.07, 6.45) is 17.4. The van der Waals surface area contributed by atoms with Crippen molar-refractivity contribution in [3.8, 4) is 0 Å². The topological polar surface area (TPSA) is 223 Å². The van der Waals surface area contributed by atoms with E-state index in [1.807, 2.05) is 30.5 Å². The van der Waals surface area contributed by atoms with Gasteiger partial charge in [0.25, 0.3) is 11.9 Å². The molecule has 3 fully saturated rings. The standard InChI is InChI=1S/C23H32N6O.C23H31N5O2.C23H31N5OS/c1-4-7-17(12-18-14-24-20-9-6-5-8-19(18)20)13-21(30)22-25-23(27-26-22)29-11-10-28(3)16(2)15-29;1-4-7-18(12-17-13-24-20-9-6-5-8-19(17)20)26-22(29)21-14-25-23(30-21)28-11-10-27(3)16(2)15-28;1-4-7-17(12-18-14-24-20-9-6-5-8-19(18)20)13-21(29)22-25-26-23(30-22)28-11-10-27(3)16(2)15-28/h5-6,8-9,14,16-17,24H,4,7,10-13,15H2,1-3H3,(H,25,26,27);5-6,8-9,13-14,16,18,24H,4,7,10-12,15H2,1-3H3,(H,26,29);5-6,8-9,14,16-17,24H,4,7,10-13,15H2,1-3H3. The van der Waals surface area contributed by atoms with Crippen LogP contribution in [0.3, 0.4) is 0 Å². The van der Waals surface area contributed by atoms with E-state index in [4.69, 9.17) is 4.42 Å². The molecule has 0 aliphatic carbocycles. The number of hydrogen-bond acceptors (Lipinski definition) is 16. The molecule has 90 heavy (non-hydrogen) atoms. The van der Waals surface area contributed by atoms with Gasteiger partial charge in [-0.2, -0.15) is 4.98 Å². The number of ketones is 2. The number of aromatic amines is 4. The first-order chi connectivity index (χ1) is 43.6. The van der Waals surface area contributed by atoms with Crippen molar-refractivity contribution in [2.24, 2.45) is 11.8 Å². The summed E-state index contributed by atoms with van der Waals surface area (Å²) in [5.74, 6) is 1.88. The van der Waals surface area contributed by atoms with Crippen LogP contribution in [0.4, 0.5) is 17.1 Å². The SMILES string of the molecule is CCCC(CC(=O)c1nc(N2CCN(C)C(C)C2)n[nH]1)Cc1c[nH]c2ccccc12.CCCC(CC(=O)c1nnc(N2CCN(C)C(C)C2)s1)Cc1c[nH]c2ccccc12.CCCC(Cc1c[nH]c2ccccc12)NC(=O)c1cnc(N2CCN(C)C(C)C2)o1. The molecule has 6 atom stereocenters. The van der Waals surface area contributed by atoms with Crippen LogP contribution in [-0.2, 0) is 19.3 Å². The van der Waals surface area contributed by atoms with Crippen LogP contribution in [0.1, 0.15) is 141 Å². The van der Waals surface area contributed by atoms with Crippen LogP contribution >= 0.6 is 11.3 Å². The maximum atomic E-state index is 13.0. The number of amides is 1. The Morgan fingerprint density at radius 1 is 0.600 bits per heavy atom. The molecule has 5 N–H and O–H groups in total. The normalized spacial score (nSPS) is 18.7. The molecule has 3 aliphatic heterocycles. The Bertz CT molecular complexity index is 3370. The maximum Gasteiger partial charge on any atom is 0.298 e. The van der Waals surface area contributed by atoms with Crippen molar-refractivity contribution in [3.05, 3.63) is 131 Å². The third kappa shape index (κ3) is 16.4. The average molecular weight is 1240 g/mol. The van der Waals surface area contributed by atoms with E-state index in [2.05, 4.69) is 204 Å². The molecule has 9 aromatic rings. The summed E-state index contributed by atoms with van der Waals surface area (Å²) in [5, 5.41) is 24.1. The zero-order valence-electron chi connectivity index (χ0n) is 54.3. The maximum absolute atomic E-state index is 13.0. The summed E-state index contributed by atoms with van der Waals surface area (Å²) in [6, 6.07) is 26.9. The molecule has 20 nitrogen and oxygen atoms in total. The van der Waals surface area contributed by atoms with Gasteiger partial charge in [0.1, 0.15) is 0 Å². The number of nitrogens with one attached hydrogen (secondary N) is 5. The number of nitrogens with zero attached hydrogens (tertiary/aromatic N) is 11. The van der Waals surface area contributed by atoms with E-state index in [0.29, 0.717) is 65.6 Å². The lowest BCUT2D eigenvalue weighted by molar-refractivity contribution is 0.0904. The van der Waals surface area contributed by atoms with E-state index < -0.39 is 0 Å². The summed E-state index contributed by atoms with van der Waals surface area (Å²) >= 11 is 1.45. The van der Waals surface area contributed by atoms with Gasteiger partial charge in [-0.25, -0.2) is 4.98 Å². The van der Waals surface area contributed by atoms with Gasteiger partial charge in [0.15, 0.2) is 22.4 Å². The zero-order chi connectivity index (χ0) is 63.3. The van der Waals surface area contributed by atoms with Gasteiger partial charge >= 0.3 is 0 Å². The number of benzene rings is 3. The van der Waals surface area contributed by atoms with Crippen molar-refractivity contribution < 1.29 is 18.8 Å². The van der Waals surface area contributed by atoms with Crippen molar-refractivity contribution in [3.63, 3.8) is 0 Å². The minimum absolute atomic E-state index is 0.0407. The van der Waals surface area contributed by atoms with Gasteiger partial charge in [-0.05, 0) is 127 Å². The molecule has 480 valence electrons. The fourth-order valence-corrected chi connectivity index (χ4v) is 13.7. The number of H-pyrrole nitrogens is 4. The summed E-state index contributed by atoms with van der Waals surface area (Å²) < 4.78 is 5.83.